The van der Waals surface area contributed by atoms with Crippen molar-refractivity contribution < 1.29 is 18.8 Å². The van der Waals surface area contributed by atoms with E-state index in [0.717, 1.165) is 17.7 Å². The van der Waals surface area contributed by atoms with E-state index in [0.29, 0.717) is 31.7 Å². The third-order valence-electron chi connectivity index (χ3n) is 5.20. The number of methoxy groups -OCH3 is 1. The molecular weight excluding hydrogens is 358 g/mol. The van der Waals surface area contributed by atoms with Gasteiger partial charge in [-0.1, -0.05) is 35.5 Å². The maximum atomic E-state index is 13.1. The van der Waals surface area contributed by atoms with E-state index in [2.05, 4.69) is 5.16 Å². The Morgan fingerprint density at radius 2 is 2.04 bits per heavy atom. The van der Waals surface area contributed by atoms with E-state index in [1.807, 2.05) is 36.4 Å². The molecule has 0 spiro atoms. The minimum Gasteiger partial charge on any atom is -0.375 e. The molecule has 1 saturated heterocycles. The topological polar surface area (TPSA) is 75.9 Å². The molecule has 3 rings (SSSR count). The lowest BCUT2D eigenvalue weighted by molar-refractivity contribution is -0.149. The lowest BCUT2D eigenvalue weighted by atomic mass is 9.75. The highest BCUT2D eigenvalue weighted by atomic mass is 16.5. The van der Waals surface area contributed by atoms with E-state index in [9.17, 15) is 9.59 Å². The standard InChI is InChI=1S/C21H27N3O4/c1-23(2)20(26)21(10-7-11-24(15-21)19(25)14-27-3)13-17-12-18(22-28-17)16-8-5-4-6-9-16/h4-6,8-9,12H,7,10-11,13-15H2,1-3H3/t21-/m0/s1. The Morgan fingerprint density at radius 3 is 2.71 bits per heavy atom. The third kappa shape index (κ3) is 4.25. The van der Waals surface area contributed by atoms with Crippen LogP contribution in [0.3, 0.4) is 0 Å². The number of piperidine rings is 1. The highest BCUT2D eigenvalue weighted by Gasteiger charge is 2.45. The van der Waals surface area contributed by atoms with Gasteiger partial charge in [0.25, 0.3) is 0 Å². The number of carbonyl (C=O) groups is 2. The number of rotatable bonds is 6. The number of benzene rings is 1. The molecule has 28 heavy (non-hydrogen) atoms. The molecule has 7 heteroatoms. The maximum absolute atomic E-state index is 13.1. The zero-order valence-electron chi connectivity index (χ0n) is 16.7. The van der Waals surface area contributed by atoms with Crippen LogP contribution in [0.4, 0.5) is 0 Å². The SMILES string of the molecule is COCC(=O)N1CCC[C@@](Cc2cc(-c3ccccc3)no2)(C(=O)N(C)C)C1. The molecule has 0 radical (unpaired) electrons. The van der Waals surface area contributed by atoms with Gasteiger partial charge in [-0.3, -0.25) is 9.59 Å². The van der Waals surface area contributed by atoms with Gasteiger partial charge in [0.05, 0.1) is 5.41 Å². The van der Waals surface area contributed by atoms with Crippen LogP contribution in [0.2, 0.25) is 0 Å². The summed E-state index contributed by atoms with van der Waals surface area (Å²) in [6, 6.07) is 11.7. The van der Waals surface area contributed by atoms with Crippen molar-refractivity contribution in [1.29, 1.82) is 0 Å². The highest BCUT2D eigenvalue weighted by molar-refractivity contribution is 5.85. The fraction of sp³-hybridized carbons (Fsp3) is 0.476. The average Bonchev–Trinajstić information content (AvgIpc) is 3.16. The monoisotopic (exact) mass is 385 g/mol. The van der Waals surface area contributed by atoms with E-state index >= 15 is 0 Å². The molecule has 1 aliphatic heterocycles. The van der Waals surface area contributed by atoms with E-state index in [1.54, 1.807) is 23.9 Å². The number of hydrogen-bond acceptors (Lipinski definition) is 5. The smallest absolute Gasteiger partial charge is 0.248 e. The number of ether oxygens (including phenoxy) is 1. The number of likely N-dealkylation sites (tertiary alicyclic amines) is 1. The second-order valence-corrected chi connectivity index (χ2v) is 7.55. The minimum absolute atomic E-state index is 0.0000722. The van der Waals surface area contributed by atoms with E-state index in [4.69, 9.17) is 9.26 Å². The number of aromatic nitrogens is 1. The van der Waals surface area contributed by atoms with Gasteiger partial charge in [-0.15, -0.1) is 0 Å². The Bertz CT molecular complexity index is 818. The lowest BCUT2D eigenvalue weighted by Crippen LogP contribution is -2.54. The van der Waals surface area contributed by atoms with Crippen molar-refractivity contribution >= 4 is 11.8 Å². The first kappa shape index (κ1) is 20.1. The van der Waals surface area contributed by atoms with Crippen LogP contribution in [0.1, 0.15) is 18.6 Å². The molecule has 0 N–H and O–H groups in total. The normalized spacial score (nSPS) is 19.5. The summed E-state index contributed by atoms with van der Waals surface area (Å²) in [4.78, 5) is 28.8. The van der Waals surface area contributed by atoms with Gasteiger partial charge in [-0.05, 0) is 12.8 Å². The van der Waals surface area contributed by atoms with Gasteiger partial charge in [0.2, 0.25) is 11.8 Å². The van der Waals surface area contributed by atoms with Crippen LogP contribution < -0.4 is 0 Å². The Hall–Kier alpha value is -2.67. The van der Waals surface area contributed by atoms with Crippen LogP contribution in [0.15, 0.2) is 40.9 Å². The highest BCUT2D eigenvalue weighted by Crippen LogP contribution is 2.36. The fourth-order valence-corrected chi connectivity index (χ4v) is 3.90. The van der Waals surface area contributed by atoms with Crippen LogP contribution in [-0.2, 0) is 20.7 Å². The molecule has 150 valence electrons. The van der Waals surface area contributed by atoms with Crippen molar-refractivity contribution in [1.82, 2.24) is 15.0 Å². The van der Waals surface area contributed by atoms with Crippen LogP contribution in [-0.4, -0.2) is 67.7 Å². The Kier molecular flexibility index (Phi) is 6.14. The number of amides is 2. The molecule has 1 aliphatic rings. The van der Waals surface area contributed by atoms with Gasteiger partial charge in [-0.2, -0.15) is 0 Å². The predicted octanol–water partition coefficient (Wildman–Crippen LogP) is 2.23. The molecule has 0 saturated carbocycles. The summed E-state index contributed by atoms with van der Waals surface area (Å²) in [7, 11) is 4.99. The van der Waals surface area contributed by atoms with Crippen molar-refractivity contribution in [2.75, 3.05) is 40.9 Å². The Morgan fingerprint density at radius 1 is 1.29 bits per heavy atom. The summed E-state index contributed by atoms with van der Waals surface area (Å²) in [5, 5.41) is 4.17. The van der Waals surface area contributed by atoms with Crippen LogP contribution in [0.5, 0.6) is 0 Å². The third-order valence-corrected chi connectivity index (χ3v) is 5.20. The van der Waals surface area contributed by atoms with E-state index in [1.165, 1.54) is 7.11 Å². The molecule has 1 aromatic carbocycles. The Labute approximate surface area is 165 Å². The quantitative estimate of drug-likeness (QED) is 0.762. The predicted molar refractivity (Wildman–Crippen MR) is 104 cm³/mol. The molecule has 1 fully saturated rings. The number of hydrogen-bond donors (Lipinski definition) is 0. The van der Waals surface area contributed by atoms with Gasteiger partial charge in [0.1, 0.15) is 18.1 Å². The fourth-order valence-electron chi connectivity index (χ4n) is 3.90. The molecule has 1 atom stereocenters. The summed E-state index contributed by atoms with van der Waals surface area (Å²) in [5.74, 6) is 0.552. The first-order valence-corrected chi connectivity index (χ1v) is 9.45. The van der Waals surface area contributed by atoms with Gasteiger partial charge in [-0.25, -0.2) is 0 Å². The summed E-state index contributed by atoms with van der Waals surface area (Å²) in [5.41, 5.74) is 0.982. The van der Waals surface area contributed by atoms with E-state index < -0.39 is 5.41 Å². The van der Waals surface area contributed by atoms with Crippen LogP contribution in [0, 0.1) is 5.41 Å². The number of nitrogens with zero attached hydrogens (tertiary/aromatic N) is 3. The van der Waals surface area contributed by atoms with Crippen LogP contribution >= 0.6 is 0 Å². The molecule has 2 heterocycles. The number of carbonyl (C=O) groups excluding carboxylic acids is 2. The summed E-state index contributed by atoms with van der Waals surface area (Å²) >= 11 is 0. The van der Waals surface area contributed by atoms with Gasteiger partial charge >= 0.3 is 0 Å². The molecule has 1 aromatic heterocycles. The zero-order valence-corrected chi connectivity index (χ0v) is 16.7. The zero-order chi connectivity index (χ0) is 20.1. The molecule has 0 unspecified atom stereocenters. The lowest BCUT2D eigenvalue weighted by Gasteiger charge is -2.42. The minimum atomic E-state index is -0.724. The second-order valence-electron chi connectivity index (χ2n) is 7.55. The molecule has 0 bridgehead atoms. The molecule has 0 aliphatic carbocycles. The molecular formula is C21H27N3O4. The largest absolute Gasteiger partial charge is 0.375 e. The van der Waals surface area contributed by atoms with Gasteiger partial charge < -0.3 is 19.1 Å². The van der Waals surface area contributed by atoms with Crippen LogP contribution in [0.25, 0.3) is 11.3 Å². The summed E-state index contributed by atoms with van der Waals surface area (Å²) in [6.45, 7) is 1.01. The van der Waals surface area contributed by atoms with Gasteiger partial charge in [0, 0.05) is 52.3 Å². The average molecular weight is 385 g/mol. The Balaban J connectivity index is 1.86. The summed E-state index contributed by atoms with van der Waals surface area (Å²) < 4.78 is 10.6. The first-order valence-electron chi connectivity index (χ1n) is 9.45. The van der Waals surface area contributed by atoms with Crippen molar-refractivity contribution in [3.63, 3.8) is 0 Å². The van der Waals surface area contributed by atoms with Crippen molar-refractivity contribution in [3.8, 4) is 11.3 Å². The summed E-state index contributed by atoms with van der Waals surface area (Å²) in [6.07, 6.45) is 1.86. The molecule has 2 aromatic rings. The van der Waals surface area contributed by atoms with E-state index in [-0.39, 0.29) is 18.4 Å². The second kappa shape index (κ2) is 8.56. The maximum Gasteiger partial charge on any atom is 0.248 e. The first-order chi connectivity index (χ1) is 13.4. The van der Waals surface area contributed by atoms with Gasteiger partial charge in [0.15, 0.2) is 0 Å². The molecule has 2 amide bonds. The van der Waals surface area contributed by atoms with Crippen molar-refractivity contribution in [2.24, 2.45) is 5.41 Å². The molecule has 7 nitrogen and oxygen atoms in total. The van der Waals surface area contributed by atoms with Crippen molar-refractivity contribution in [2.45, 2.75) is 19.3 Å². The van der Waals surface area contributed by atoms with Crippen molar-refractivity contribution in [3.05, 3.63) is 42.2 Å².